The summed E-state index contributed by atoms with van der Waals surface area (Å²) in [6.07, 6.45) is 1.43. The fourth-order valence-electron chi connectivity index (χ4n) is 9.93. The van der Waals surface area contributed by atoms with Crippen LogP contribution in [0.5, 0.6) is 0 Å². The minimum atomic E-state index is -1.00. The lowest BCUT2D eigenvalue weighted by atomic mass is 9.91. The van der Waals surface area contributed by atoms with E-state index in [1.54, 1.807) is 62.7 Å². The number of Topliss-reactive ketones (excluding diaryl/α,β-unsaturated/α-hetero) is 5. The summed E-state index contributed by atoms with van der Waals surface area (Å²) in [7, 11) is 13.5. The maximum Gasteiger partial charge on any atom is 0.325 e. The molecule has 0 bridgehead atoms. The van der Waals surface area contributed by atoms with Crippen LogP contribution in [0.25, 0.3) is 0 Å². The largest absolute Gasteiger partial charge is 0.481 e. The average Bonchev–Trinajstić information content (AvgIpc) is 1.63. The monoisotopic (exact) mass is 1600 g/mol. The molecule has 2 heterocycles. The van der Waals surface area contributed by atoms with E-state index in [2.05, 4.69) is 23.9 Å². The first-order valence-electron chi connectivity index (χ1n) is 37.6. The molecule has 13 atom stereocenters. The Morgan fingerprint density at radius 3 is 1.03 bits per heavy atom. The Morgan fingerprint density at radius 2 is 0.690 bits per heavy atom. The molecule has 5 rings (SSSR count). The number of methoxy groups -OCH3 is 9. The molecule has 0 unspecified atom stereocenters. The van der Waals surface area contributed by atoms with E-state index in [4.69, 9.17) is 83.3 Å². The van der Waals surface area contributed by atoms with Crippen LogP contribution in [0.1, 0.15) is 125 Å². The zero-order valence-electron chi connectivity index (χ0n) is 70.4. The van der Waals surface area contributed by atoms with E-state index in [0.29, 0.717) is 58.6 Å². The highest BCUT2D eigenvalue weighted by atomic mass is 16.6. The average molecular weight is 1600 g/mol. The minimum Gasteiger partial charge on any atom is -0.481 e. The number of rotatable bonds is 48. The van der Waals surface area contributed by atoms with Crippen LogP contribution in [0.15, 0.2) is 91.0 Å². The van der Waals surface area contributed by atoms with Gasteiger partial charge in [-0.25, -0.2) is 0 Å². The molecular weight excluding hydrogens is 1470 g/mol. The summed E-state index contributed by atoms with van der Waals surface area (Å²) in [6.45, 7) is 24.2. The van der Waals surface area contributed by atoms with Crippen molar-refractivity contribution in [1.29, 1.82) is 0 Å². The number of hydrogen-bond donors (Lipinski definition) is 5. The first kappa shape index (κ1) is 107. The highest BCUT2D eigenvalue weighted by molar-refractivity contribution is 5.97. The van der Waals surface area contributed by atoms with Crippen LogP contribution >= 0.6 is 0 Å². The molecule has 113 heavy (non-hydrogen) atoms. The van der Waals surface area contributed by atoms with Gasteiger partial charge in [0.2, 0.25) is 5.91 Å². The van der Waals surface area contributed by atoms with E-state index >= 15 is 0 Å². The van der Waals surface area contributed by atoms with Crippen molar-refractivity contribution >= 4 is 64.7 Å². The number of carboxylic acid groups (broad SMARTS) is 2. The van der Waals surface area contributed by atoms with Crippen molar-refractivity contribution in [3.05, 3.63) is 108 Å². The van der Waals surface area contributed by atoms with Crippen LogP contribution in [0.2, 0.25) is 0 Å². The summed E-state index contributed by atoms with van der Waals surface area (Å²) in [6, 6.07) is 26.8. The van der Waals surface area contributed by atoms with Crippen molar-refractivity contribution in [2.24, 2.45) is 70.6 Å². The Hall–Kier alpha value is -7.69. The Morgan fingerprint density at radius 1 is 0.381 bits per heavy atom. The Balaban J connectivity index is 0. The van der Waals surface area contributed by atoms with Gasteiger partial charge in [0.05, 0.1) is 114 Å². The SMILES string of the molecule is CC(C)C[C@H](N)C(=O)[C@@]1(C)CO1.COC[C@H](C)C(=O)O.COC[C@H](C)C(=O)OCc1ccccc1.COC[C@H](CC(=O)[C@@H](C)COC)C(=O)N[C@@H](CC(C)C)C(=O)[C@@]1(C)CO1.COC[C@H](CC(=O)[C@@H](C)COC)C(=O)O.COC[C@H](CC(=O)[C@@H](C)COC)C(=O)OCc1ccccc1.COC[C@H](N)C(=O)OCc1ccccc1. The fraction of sp³-hybridized carbons (Fsp3) is 0.651. The van der Waals surface area contributed by atoms with E-state index in [-0.39, 0.29) is 148 Å². The number of carbonyl (C=O) groups is 11. The molecule has 0 saturated carbocycles. The second-order valence-corrected chi connectivity index (χ2v) is 29.0. The van der Waals surface area contributed by atoms with E-state index < -0.39 is 64.9 Å². The Bertz CT molecular complexity index is 3090. The highest BCUT2D eigenvalue weighted by Gasteiger charge is 2.51. The predicted octanol–water partition coefficient (Wildman–Crippen LogP) is 7.98. The van der Waals surface area contributed by atoms with E-state index in [0.717, 1.165) is 23.1 Å². The Kier molecular flexibility index (Phi) is 58.6. The number of nitrogens with two attached hydrogens (primary N) is 2. The first-order chi connectivity index (χ1) is 53.4. The number of carbonyl (C=O) groups excluding carboxylic acids is 9. The van der Waals surface area contributed by atoms with Gasteiger partial charge < -0.3 is 93.3 Å². The van der Waals surface area contributed by atoms with Crippen LogP contribution in [0.4, 0.5) is 0 Å². The molecule has 2 aliphatic rings. The van der Waals surface area contributed by atoms with E-state index in [9.17, 15) is 52.7 Å². The van der Waals surface area contributed by atoms with Crippen LogP contribution in [0, 0.1) is 59.2 Å². The summed E-state index contributed by atoms with van der Waals surface area (Å²) >= 11 is 0. The summed E-state index contributed by atoms with van der Waals surface area (Å²) in [5.74, 6) is -6.19. The lowest BCUT2D eigenvalue weighted by Crippen LogP contribution is -2.49. The van der Waals surface area contributed by atoms with E-state index in [1.807, 2.05) is 105 Å². The van der Waals surface area contributed by atoms with Crippen LogP contribution < -0.4 is 16.8 Å². The third kappa shape index (κ3) is 49.6. The zero-order chi connectivity index (χ0) is 86.2. The Labute approximate surface area is 668 Å². The summed E-state index contributed by atoms with van der Waals surface area (Å²) in [5, 5.41) is 19.9. The number of nitrogens with one attached hydrogen (secondary N) is 1. The van der Waals surface area contributed by atoms with Gasteiger partial charge in [-0.05, 0) is 69.1 Å². The van der Waals surface area contributed by atoms with Gasteiger partial charge in [-0.2, -0.15) is 0 Å². The maximum absolute atomic E-state index is 12.7. The highest BCUT2D eigenvalue weighted by Crippen LogP contribution is 2.31. The van der Waals surface area contributed by atoms with Crippen molar-refractivity contribution in [2.45, 2.75) is 157 Å². The predicted molar refractivity (Wildman–Crippen MR) is 422 cm³/mol. The molecule has 3 aromatic rings. The van der Waals surface area contributed by atoms with Crippen molar-refractivity contribution in [2.75, 3.05) is 137 Å². The number of esters is 3. The smallest absolute Gasteiger partial charge is 0.325 e. The van der Waals surface area contributed by atoms with Gasteiger partial charge in [-0.15, -0.1) is 0 Å². The molecule has 3 aromatic carbocycles. The minimum absolute atomic E-state index is 0.00625. The summed E-state index contributed by atoms with van der Waals surface area (Å²) in [4.78, 5) is 128. The van der Waals surface area contributed by atoms with Gasteiger partial charge in [-0.1, -0.05) is 139 Å². The molecule has 30 nitrogen and oxygen atoms in total. The van der Waals surface area contributed by atoms with Gasteiger partial charge in [0.15, 0.2) is 11.6 Å². The molecule has 0 aliphatic carbocycles. The van der Waals surface area contributed by atoms with Crippen molar-refractivity contribution in [3.63, 3.8) is 0 Å². The van der Waals surface area contributed by atoms with Gasteiger partial charge in [0.1, 0.15) is 54.4 Å². The molecule has 30 heteroatoms. The number of ketones is 5. The number of hydrogen-bond acceptors (Lipinski definition) is 27. The van der Waals surface area contributed by atoms with Gasteiger partial charge in [0.25, 0.3) is 0 Å². The first-order valence-corrected chi connectivity index (χ1v) is 37.6. The number of aliphatic carboxylic acids is 2. The molecule has 642 valence electrons. The molecule has 1 amide bonds. The lowest BCUT2D eigenvalue weighted by molar-refractivity contribution is -0.154. The molecule has 0 aromatic heterocycles. The van der Waals surface area contributed by atoms with Crippen molar-refractivity contribution in [1.82, 2.24) is 5.32 Å². The second kappa shape index (κ2) is 61.7. The van der Waals surface area contributed by atoms with Crippen LogP contribution in [-0.4, -0.2) is 241 Å². The quantitative estimate of drug-likeness (QED) is 0.0203. The van der Waals surface area contributed by atoms with E-state index in [1.165, 1.54) is 49.8 Å². The van der Waals surface area contributed by atoms with Crippen LogP contribution in [0.3, 0.4) is 0 Å². The normalized spacial score (nSPS) is 17.1. The maximum atomic E-state index is 12.7. The molecule has 0 spiro atoms. The molecule has 2 aliphatic heterocycles. The molecule has 0 radical (unpaired) electrons. The fourth-order valence-corrected chi connectivity index (χ4v) is 9.93. The lowest BCUT2D eigenvalue weighted by Gasteiger charge is -2.24. The summed E-state index contributed by atoms with van der Waals surface area (Å²) in [5.41, 5.74) is 12.7. The third-order valence-corrected chi connectivity index (χ3v) is 17.0. The number of amides is 1. The van der Waals surface area contributed by atoms with Crippen LogP contribution in [-0.2, 0) is 139 Å². The third-order valence-electron chi connectivity index (χ3n) is 17.0. The zero-order valence-corrected chi connectivity index (χ0v) is 70.4. The van der Waals surface area contributed by atoms with Gasteiger partial charge >= 0.3 is 29.8 Å². The standard InChI is InChI=1S/C19H33NO6.C17H24O5.C12H16O3.C11H15NO3.C10H18O5.C9H17NO2.C5H10O3/c1-12(2)7-15(17(22)19(4)11-26-19)20-18(23)14(10-25-6)8-16(21)13(3)9-24-5;1-13(10-20-2)16(18)9-15(12-21-3)17(19)22-11-14-7-5-4-6-8-14;1-10(8-14-2)12(13)15-9-11-6-4-3-5-7-11;1-14-8-10(12)11(13)15-7-9-5-3-2-4-6-9;1-7(5-14-2)9(11)4-8(6-15-3)10(12)13;1-6(2)4-7(10)8(11)9(3)5-12-9;1-4(3-8-2)5(6)7/h12-15H,7-11H2,1-6H3,(H,20,23);4-8,13,15H,9-12H2,1-3H3;3-7,10H,8-9H2,1-2H3;2-6,10H,7-8,12H2,1H3;7-8H,4-6H2,1-3H3,(H,12,13);6-7H,4-5,10H2,1-3H3;4H,3H2,1-2H3,(H,6,7)/t13-,14-,15-,19+;13-,15-;2*10-;7-,8-;7-,9+;4-/m0000000/s1. The second-order valence-electron chi connectivity index (χ2n) is 29.0. The molecule has 7 N–H and O–H groups in total. The number of benzene rings is 3. The van der Waals surface area contributed by atoms with Gasteiger partial charge in [-0.3, -0.25) is 52.7 Å². The summed E-state index contributed by atoms with van der Waals surface area (Å²) < 4.78 is 69.6. The van der Waals surface area contributed by atoms with Gasteiger partial charge in [0, 0.05) is 101 Å². The van der Waals surface area contributed by atoms with Crippen molar-refractivity contribution in [3.8, 4) is 0 Å². The molecular formula is C83H133N3O27. The van der Waals surface area contributed by atoms with Crippen molar-refractivity contribution < 1.29 is 129 Å². The number of epoxide rings is 2. The number of carboxylic acids is 2. The number of ether oxygens (including phenoxy) is 14. The molecule has 2 fully saturated rings. The molecule has 2 saturated heterocycles. The topological polar surface area (TPSA) is 428 Å².